The maximum absolute atomic E-state index is 12.6. The quantitative estimate of drug-likeness (QED) is 0.792. The van der Waals surface area contributed by atoms with E-state index >= 15 is 0 Å². The van der Waals surface area contributed by atoms with Crippen molar-refractivity contribution in [2.24, 2.45) is 11.1 Å². The summed E-state index contributed by atoms with van der Waals surface area (Å²) < 4.78 is 9.96. The first-order chi connectivity index (χ1) is 10.6. The number of rotatable bonds is 5. The van der Waals surface area contributed by atoms with Crippen LogP contribution in [0.25, 0.3) is 0 Å². The molecule has 1 aromatic rings. The second kappa shape index (κ2) is 8.86. The summed E-state index contributed by atoms with van der Waals surface area (Å²) >= 11 is 0. The molecule has 1 aliphatic heterocycles. The van der Waals surface area contributed by atoms with Crippen LogP contribution < -0.4 is 11.1 Å². The Morgan fingerprint density at radius 2 is 2.04 bits per heavy atom. The van der Waals surface area contributed by atoms with Crippen molar-refractivity contribution < 1.29 is 19.1 Å². The molecule has 0 saturated carbocycles. The summed E-state index contributed by atoms with van der Waals surface area (Å²) in [6.07, 6.45) is 1.42. The lowest BCUT2D eigenvalue weighted by Crippen LogP contribution is -2.46. The van der Waals surface area contributed by atoms with Gasteiger partial charge in [-0.05, 0) is 30.5 Å². The van der Waals surface area contributed by atoms with E-state index in [1.54, 1.807) is 18.2 Å². The molecule has 1 amide bonds. The predicted molar refractivity (Wildman–Crippen MR) is 89.6 cm³/mol. The van der Waals surface area contributed by atoms with Crippen LogP contribution >= 0.6 is 12.4 Å². The minimum atomic E-state index is -0.573. The standard InChI is InChI=1S/C16H22N2O4.ClH/c1-21-14(19)10-12-3-2-4-13(9-12)18-15(20)16(11-17)5-7-22-8-6-16;/h2-4,9H,5-8,10-11,17H2,1H3,(H,18,20);1H. The molecule has 128 valence electrons. The molecule has 2 rings (SSSR count). The van der Waals surface area contributed by atoms with Crippen LogP contribution in [0.1, 0.15) is 18.4 Å². The highest BCUT2D eigenvalue weighted by atomic mass is 35.5. The number of carbonyl (C=O) groups is 2. The molecule has 0 radical (unpaired) electrons. The van der Waals surface area contributed by atoms with Gasteiger partial charge in [-0.25, -0.2) is 0 Å². The number of carbonyl (C=O) groups excluding carboxylic acids is 2. The lowest BCUT2D eigenvalue weighted by molar-refractivity contribution is -0.139. The first kappa shape index (κ1) is 19.4. The fraction of sp³-hybridized carbons (Fsp3) is 0.500. The number of benzene rings is 1. The Kier molecular flexibility index (Phi) is 7.48. The van der Waals surface area contributed by atoms with Crippen molar-refractivity contribution in [2.75, 3.05) is 32.2 Å². The third kappa shape index (κ3) is 4.92. The van der Waals surface area contributed by atoms with Gasteiger partial charge in [-0.15, -0.1) is 12.4 Å². The topological polar surface area (TPSA) is 90.7 Å². The van der Waals surface area contributed by atoms with Gasteiger partial charge in [0.1, 0.15) is 0 Å². The van der Waals surface area contributed by atoms with Gasteiger partial charge in [-0.3, -0.25) is 9.59 Å². The highest BCUT2D eigenvalue weighted by molar-refractivity contribution is 5.95. The zero-order chi connectivity index (χ0) is 16.0. The van der Waals surface area contributed by atoms with Crippen molar-refractivity contribution in [3.63, 3.8) is 0 Å². The maximum Gasteiger partial charge on any atom is 0.309 e. The normalized spacial score (nSPS) is 16.1. The summed E-state index contributed by atoms with van der Waals surface area (Å²) in [5, 5.41) is 2.91. The van der Waals surface area contributed by atoms with Gasteiger partial charge < -0.3 is 20.5 Å². The molecule has 3 N–H and O–H groups in total. The first-order valence-electron chi connectivity index (χ1n) is 7.35. The Morgan fingerprint density at radius 3 is 2.65 bits per heavy atom. The number of hydrogen-bond donors (Lipinski definition) is 2. The van der Waals surface area contributed by atoms with Gasteiger partial charge in [0.15, 0.2) is 0 Å². The second-order valence-electron chi connectivity index (χ2n) is 5.50. The van der Waals surface area contributed by atoms with E-state index in [1.807, 2.05) is 6.07 Å². The summed E-state index contributed by atoms with van der Waals surface area (Å²) in [6.45, 7) is 1.39. The monoisotopic (exact) mass is 342 g/mol. The fourth-order valence-corrected chi connectivity index (χ4v) is 2.55. The summed E-state index contributed by atoms with van der Waals surface area (Å²) in [5.41, 5.74) is 6.70. The van der Waals surface area contributed by atoms with Crippen LogP contribution in [0.3, 0.4) is 0 Å². The zero-order valence-electron chi connectivity index (χ0n) is 13.2. The van der Waals surface area contributed by atoms with Crippen LogP contribution in [0, 0.1) is 5.41 Å². The number of esters is 1. The number of ether oxygens (including phenoxy) is 2. The number of nitrogens with two attached hydrogens (primary N) is 1. The van der Waals surface area contributed by atoms with E-state index in [1.165, 1.54) is 7.11 Å². The van der Waals surface area contributed by atoms with Crippen LogP contribution in [-0.4, -0.2) is 38.7 Å². The number of amides is 1. The molecule has 0 aromatic heterocycles. The highest BCUT2D eigenvalue weighted by Gasteiger charge is 2.38. The molecule has 0 atom stereocenters. The van der Waals surface area contributed by atoms with Crippen LogP contribution in [0.15, 0.2) is 24.3 Å². The zero-order valence-corrected chi connectivity index (χ0v) is 14.0. The van der Waals surface area contributed by atoms with Crippen LogP contribution in [0.2, 0.25) is 0 Å². The highest BCUT2D eigenvalue weighted by Crippen LogP contribution is 2.31. The van der Waals surface area contributed by atoms with Gasteiger partial charge in [0.25, 0.3) is 0 Å². The van der Waals surface area contributed by atoms with E-state index in [4.69, 9.17) is 10.5 Å². The van der Waals surface area contributed by atoms with Crippen molar-refractivity contribution in [2.45, 2.75) is 19.3 Å². The Balaban J connectivity index is 0.00000264. The van der Waals surface area contributed by atoms with Gasteiger partial charge in [0.05, 0.1) is 18.9 Å². The molecule has 7 heteroatoms. The molecule has 0 bridgehead atoms. The Labute approximate surface area is 142 Å². The number of nitrogens with one attached hydrogen (secondary N) is 1. The fourth-order valence-electron chi connectivity index (χ4n) is 2.55. The summed E-state index contributed by atoms with van der Waals surface area (Å²) in [6, 6.07) is 7.19. The van der Waals surface area contributed by atoms with Crippen molar-refractivity contribution in [3.8, 4) is 0 Å². The number of anilines is 1. The van der Waals surface area contributed by atoms with E-state index in [0.717, 1.165) is 5.56 Å². The van der Waals surface area contributed by atoms with Gasteiger partial charge in [-0.1, -0.05) is 12.1 Å². The molecule has 1 saturated heterocycles. The second-order valence-corrected chi connectivity index (χ2v) is 5.50. The minimum Gasteiger partial charge on any atom is -0.469 e. The van der Waals surface area contributed by atoms with Crippen LogP contribution in [0.4, 0.5) is 5.69 Å². The Hall–Kier alpha value is -1.63. The molecule has 1 heterocycles. The molecule has 1 aromatic carbocycles. The third-order valence-electron chi connectivity index (χ3n) is 4.08. The largest absolute Gasteiger partial charge is 0.469 e. The van der Waals surface area contributed by atoms with E-state index in [9.17, 15) is 9.59 Å². The summed E-state index contributed by atoms with van der Waals surface area (Å²) in [7, 11) is 1.35. The van der Waals surface area contributed by atoms with Gasteiger partial charge in [0, 0.05) is 25.4 Å². The number of methoxy groups -OCH3 is 1. The Morgan fingerprint density at radius 1 is 1.35 bits per heavy atom. The smallest absolute Gasteiger partial charge is 0.309 e. The molecule has 0 spiro atoms. The van der Waals surface area contributed by atoms with Gasteiger partial charge in [-0.2, -0.15) is 0 Å². The van der Waals surface area contributed by atoms with Gasteiger partial charge >= 0.3 is 5.97 Å². The van der Waals surface area contributed by atoms with Crippen molar-refractivity contribution in [1.82, 2.24) is 0 Å². The average molecular weight is 343 g/mol. The molecule has 1 aliphatic rings. The predicted octanol–water partition coefficient (Wildman–Crippen LogP) is 1.52. The molecular weight excluding hydrogens is 320 g/mol. The molecule has 1 fully saturated rings. The minimum absolute atomic E-state index is 0. The average Bonchev–Trinajstić information content (AvgIpc) is 2.55. The molecule has 0 unspecified atom stereocenters. The number of hydrogen-bond acceptors (Lipinski definition) is 5. The molecule has 23 heavy (non-hydrogen) atoms. The SMILES string of the molecule is COC(=O)Cc1cccc(NC(=O)C2(CN)CCOCC2)c1.Cl. The van der Waals surface area contributed by atoms with E-state index in [2.05, 4.69) is 10.1 Å². The van der Waals surface area contributed by atoms with Crippen molar-refractivity contribution in [1.29, 1.82) is 0 Å². The summed E-state index contributed by atoms with van der Waals surface area (Å²) in [5.74, 6) is -0.403. The summed E-state index contributed by atoms with van der Waals surface area (Å²) in [4.78, 5) is 23.9. The lowest BCUT2D eigenvalue weighted by atomic mass is 9.79. The molecule has 6 nitrogen and oxygen atoms in total. The molecular formula is C16H23ClN2O4. The van der Waals surface area contributed by atoms with E-state index in [-0.39, 0.29) is 30.7 Å². The van der Waals surface area contributed by atoms with Gasteiger partial charge in [0.2, 0.25) is 5.91 Å². The maximum atomic E-state index is 12.6. The van der Waals surface area contributed by atoms with E-state index in [0.29, 0.717) is 38.3 Å². The van der Waals surface area contributed by atoms with E-state index < -0.39 is 5.41 Å². The molecule has 0 aliphatic carbocycles. The van der Waals surface area contributed by atoms with Crippen molar-refractivity contribution in [3.05, 3.63) is 29.8 Å². The Bertz CT molecular complexity index is 545. The first-order valence-corrected chi connectivity index (χ1v) is 7.35. The van der Waals surface area contributed by atoms with Crippen LogP contribution in [0.5, 0.6) is 0 Å². The number of halogens is 1. The van der Waals surface area contributed by atoms with Crippen LogP contribution in [-0.2, 0) is 25.5 Å². The third-order valence-corrected chi connectivity index (χ3v) is 4.08. The lowest BCUT2D eigenvalue weighted by Gasteiger charge is -2.34. The van der Waals surface area contributed by atoms with Crippen molar-refractivity contribution >= 4 is 30.0 Å².